The number of amides is 2. The highest BCUT2D eigenvalue weighted by Gasteiger charge is 2.18. The highest BCUT2D eigenvalue weighted by atomic mass is 35.5. The van der Waals surface area contributed by atoms with Gasteiger partial charge in [0.1, 0.15) is 16.9 Å². The number of hydrogen-bond donors (Lipinski definition) is 3. The van der Waals surface area contributed by atoms with Crippen LogP contribution in [-0.2, 0) is 9.59 Å². The summed E-state index contributed by atoms with van der Waals surface area (Å²) in [6.07, 6.45) is 0. The second-order valence-corrected chi connectivity index (χ2v) is 7.94. The van der Waals surface area contributed by atoms with Crippen LogP contribution in [0.1, 0.15) is 0 Å². The first-order valence-corrected chi connectivity index (χ1v) is 10.5. The van der Waals surface area contributed by atoms with Gasteiger partial charge >= 0.3 is 0 Å². The lowest BCUT2D eigenvalue weighted by Crippen LogP contribution is -3.11. The molecule has 1 aromatic heterocycles. The molecule has 0 saturated heterocycles. The quantitative estimate of drug-likeness (QED) is 0.401. The third-order valence-corrected chi connectivity index (χ3v) is 5.38. The van der Waals surface area contributed by atoms with E-state index in [9.17, 15) is 9.59 Å². The monoisotopic (exact) mass is 452 g/mol. The zero-order valence-electron chi connectivity index (χ0n) is 17.7. The van der Waals surface area contributed by atoms with E-state index in [0.717, 1.165) is 21.3 Å². The van der Waals surface area contributed by atoms with Gasteiger partial charge in [-0.05, 0) is 24.3 Å². The topological polar surface area (TPSA) is 85.0 Å². The second kappa shape index (κ2) is 9.30. The summed E-state index contributed by atoms with van der Waals surface area (Å²) in [4.78, 5) is 25.6. The third-order valence-electron chi connectivity index (χ3n) is 5.05. The Bertz CT molecular complexity index is 1300. The smallest absolute Gasteiger partial charge is 0.279 e. The molecule has 1 heterocycles. The summed E-state index contributed by atoms with van der Waals surface area (Å²) in [5.74, 6) is 0.0537. The molecule has 1 unspecified atom stereocenters. The fourth-order valence-corrected chi connectivity index (χ4v) is 3.76. The normalized spacial score (nSPS) is 12.0. The van der Waals surface area contributed by atoms with Gasteiger partial charge in [-0.15, -0.1) is 0 Å². The minimum Gasteiger partial charge on any atom is -0.495 e. The zero-order chi connectivity index (χ0) is 22.7. The van der Waals surface area contributed by atoms with Gasteiger partial charge in [-0.2, -0.15) is 0 Å². The number of likely N-dealkylation sites (N-methyl/N-ethyl adjacent to an activating group) is 1. The number of benzene rings is 3. The van der Waals surface area contributed by atoms with Crippen LogP contribution in [0.3, 0.4) is 0 Å². The van der Waals surface area contributed by atoms with E-state index in [1.54, 1.807) is 44.5 Å². The Kier molecular flexibility index (Phi) is 6.30. The molecule has 0 aliphatic carbocycles. The van der Waals surface area contributed by atoms with Gasteiger partial charge in [0.15, 0.2) is 13.1 Å². The Morgan fingerprint density at radius 3 is 2.28 bits per heavy atom. The maximum atomic E-state index is 12.6. The Balaban J connectivity index is 1.42. The number of anilines is 2. The number of methoxy groups -OCH3 is 1. The fourth-order valence-electron chi connectivity index (χ4n) is 3.58. The van der Waals surface area contributed by atoms with E-state index < -0.39 is 0 Å². The number of halogens is 1. The maximum Gasteiger partial charge on any atom is 0.279 e. The van der Waals surface area contributed by atoms with Gasteiger partial charge in [0.2, 0.25) is 0 Å². The largest absolute Gasteiger partial charge is 0.495 e. The average molecular weight is 453 g/mol. The van der Waals surface area contributed by atoms with Crippen LogP contribution in [-0.4, -0.2) is 39.1 Å². The Hall–Kier alpha value is -3.55. The summed E-state index contributed by atoms with van der Waals surface area (Å²) >= 11 is 6.07. The summed E-state index contributed by atoms with van der Waals surface area (Å²) in [6.45, 7) is 0.204. The summed E-state index contributed by atoms with van der Waals surface area (Å²) in [5, 5.41) is 7.98. The summed E-state index contributed by atoms with van der Waals surface area (Å²) < 4.78 is 11.4. The highest BCUT2D eigenvalue weighted by Crippen LogP contribution is 2.36. The predicted octanol–water partition coefficient (Wildman–Crippen LogP) is 3.34. The van der Waals surface area contributed by atoms with E-state index >= 15 is 0 Å². The number of fused-ring (bicyclic) bond motifs is 3. The Morgan fingerprint density at radius 2 is 1.56 bits per heavy atom. The Labute approximate surface area is 189 Å². The predicted molar refractivity (Wildman–Crippen MR) is 126 cm³/mol. The molecule has 3 aromatic carbocycles. The van der Waals surface area contributed by atoms with Crippen LogP contribution in [0.25, 0.3) is 21.9 Å². The van der Waals surface area contributed by atoms with Crippen LogP contribution >= 0.6 is 11.6 Å². The molecule has 4 rings (SSSR count). The van der Waals surface area contributed by atoms with Crippen molar-refractivity contribution in [2.75, 3.05) is 37.9 Å². The molecule has 0 saturated carbocycles. The van der Waals surface area contributed by atoms with Crippen molar-refractivity contribution in [3.63, 3.8) is 0 Å². The van der Waals surface area contributed by atoms with Gasteiger partial charge in [0.05, 0.1) is 30.6 Å². The number of carbonyl (C=O) groups is 2. The van der Waals surface area contributed by atoms with Crippen LogP contribution in [0.15, 0.2) is 65.1 Å². The molecule has 4 aromatic rings. The van der Waals surface area contributed by atoms with Crippen molar-refractivity contribution >= 4 is 56.7 Å². The molecule has 7 nitrogen and oxygen atoms in total. The number of para-hydroxylation sites is 2. The van der Waals surface area contributed by atoms with Crippen LogP contribution in [0.5, 0.6) is 5.75 Å². The second-order valence-electron chi connectivity index (χ2n) is 7.53. The van der Waals surface area contributed by atoms with Crippen molar-refractivity contribution in [2.24, 2.45) is 0 Å². The van der Waals surface area contributed by atoms with Gasteiger partial charge < -0.3 is 24.7 Å². The molecule has 1 atom stereocenters. The summed E-state index contributed by atoms with van der Waals surface area (Å²) in [5.41, 5.74) is 2.47. The minimum atomic E-state index is -0.248. The minimum absolute atomic E-state index is 0.0945. The molecule has 0 radical (unpaired) electrons. The van der Waals surface area contributed by atoms with E-state index in [1.165, 1.54) is 0 Å². The van der Waals surface area contributed by atoms with E-state index in [2.05, 4.69) is 10.6 Å². The fraction of sp³-hybridized carbons (Fsp3) is 0.167. The van der Waals surface area contributed by atoms with Crippen molar-refractivity contribution in [1.82, 2.24) is 0 Å². The molecule has 2 amide bonds. The molecule has 32 heavy (non-hydrogen) atoms. The third kappa shape index (κ3) is 4.69. The van der Waals surface area contributed by atoms with Crippen LogP contribution < -0.4 is 20.3 Å². The highest BCUT2D eigenvalue weighted by molar-refractivity contribution is 6.33. The molecule has 0 aliphatic heterocycles. The molecule has 8 heteroatoms. The number of carbonyl (C=O) groups excluding carboxylic acids is 2. The van der Waals surface area contributed by atoms with Crippen molar-refractivity contribution in [3.8, 4) is 5.75 Å². The standard InChI is InChI=1S/C24H22ClN3O4/c1-28(13-23(29)26-18-9-5-4-8-17(18)25)14-24(30)27-19-12-21-16(11-22(19)31-2)15-7-3-6-10-20(15)32-21/h3-12H,13-14H2,1-2H3,(H,26,29)(H,27,30)/p+1. The van der Waals surface area contributed by atoms with E-state index in [1.807, 2.05) is 30.3 Å². The SMILES string of the molecule is COc1cc2c(cc1NC(=O)C[NH+](C)CC(=O)Nc1ccccc1Cl)oc1ccccc12. The lowest BCUT2D eigenvalue weighted by Gasteiger charge is -2.15. The first-order chi connectivity index (χ1) is 15.4. The number of ether oxygens (including phenoxy) is 1. The van der Waals surface area contributed by atoms with Gasteiger partial charge in [0.25, 0.3) is 11.8 Å². The van der Waals surface area contributed by atoms with Gasteiger partial charge in [0, 0.05) is 16.8 Å². The van der Waals surface area contributed by atoms with Crippen LogP contribution in [0.2, 0.25) is 5.02 Å². The molecule has 3 N–H and O–H groups in total. The van der Waals surface area contributed by atoms with Crippen molar-refractivity contribution in [1.29, 1.82) is 0 Å². The van der Waals surface area contributed by atoms with Crippen LogP contribution in [0.4, 0.5) is 11.4 Å². The van der Waals surface area contributed by atoms with Gasteiger partial charge in [-0.3, -0.25) is 9.59 Å². The van der Waals surface area contributed by atoms with E-state index in [-0.39, 0.29) is 24.9 Å². The summed E-state index contributed by atoms with van der Waals surface area (Å²) in [6, 6.07) is 18.3. The van der Waals surface area contributed by atoms with Gasteiger partial charge in [-0.1, -0.05) is 41.9 Å². The number of hydrogen-bond acceptors (Lipinski definition) is 4. The molecular formula is C24H23ClN3O4+. The lowest BCUT2D eigenvalue weighted by atomic mass is 10.1. The van der Waals surface area contributed by atoms with Crippen molar-refractivity contribution < 1.29 is 23.6 Å². The maximum absolute atomic E-state index is 12.6. The molecular weight excluding hydrogens is 430 g/mol. The molecule has 0 spiro atoms. The first kappa shape index (κ1) is 21.7. The van der Waals surface area contributed by atoms with Crippen molar-refractivity contribution in [3.05, 3.63) is 65.7 Å². The van der Waals surface area contributed by atoms with E-state index in [0.29, 0.717) is 27.7 Å². The number of nitrogens with one attached hydrogen (secondary N) is 3. The van der Waals surface area contributed by atoms with E-state index in [4.69, 9.17) is 20.8 Å². The number of rotatable bonds is 7. The number of furan rings is 1. The molecule has 0 bridgehead atoms. The van der Waals surface area contributed by atoms with Crippen molar-refractivity contribution in [2.45, 2.75) is 0 Å². The molecule has 164 valence electrons. The van der Waals surface area contributed by atoms with Crippen LogP contribution in [0, 0.1) is 0 Å². The number of quaternary nitrogens is 1. The molecule has 0 fully saturated rings. The zero-order valence-corrected chi connectivity index (χ0v) is 18.5. The first-order valence-electron chi connectivity index (χ1n) is 10.1. The van der Waals surface area contributed by atoms with Gasteiger partial charge in [-0.25, -0.2) is 0 Å². The molecule has 0 aliphatic rings. The Morgan fingerprint density at radius 1 is 0.906 bits per heavy atom. The summed E-state index contributed by atoms with van der Waals surface area (Å²) in [7, 11) is 3.32. The lowest BCUT2D eigenvalue weighted by molar-refractivity contribution is -0.862. The average Bonchev–Trinajstić information content (AvgIpc) is 3.11.